The number of nitro benzene ring substituents is 1. The molecule has 11 heteroatoms. The van der Waals surface area contributed by atoms with E-state index in [1.165, 1.54) is 24.3 Å². The molecule has 0 saturated carbocycles. The summed E-state index contributed by atoms with van der Waals surface area (Å²) in [4.78, 5) is 39.0. The third kappa shape index (κ3) is 4.91. The average molecular weight is 498 g/mol. The fourth-order valence-electron chi connectivity index (χ4n) is 4.31. The van der Waals surface area contributed by atoms with Crippen LogP contribution in [0.15, 0.2) is 84.9 Å². The number of carbonyl (C=O) groups is 2. The van der Waals surface area contributed by atoms with E-state index in [0.29, 0.717) is 16.0 Å². The number of nitrogens with one attached hydrogen (secondary N) is 1. The van der Waals surface area contributed by atoms with Crippen molar-refractivity contribution in [3.8, 4) is 0 Å². The van der Waals surface area contributed by atoms with Gasteiger partial charge in [0, 0.05) is 18.2 Å². The number of benzene rings is 3. The van der Waals surface area contributed by atoms with Gasteiger partial charge >= 0.3 is 12.2 Å². The van der Waals surface area contributed by atoms with Gasteiger partial charge in [0.15, 0.2) is 5.54 Å². The number of alkyl halides is 3. The lowest BCUT2D eigenvalue weighted by molar-refractivity contribution is -0.385. The Balaban J connectivity index is 1.71. The summed E-state index contributed by atoms with van der Waals surface area (Å²) in [5.41, 5.74) is -1.08. The second-order valence-corrected chi connectivity index (χ2v) is 8.27. The van der Waals surface area contributed by atoms with Crippen LogP contribution in [0.5, 0.6) is 0 Å². The lowest BCUT2D eigenvalue weighted by atomic mass is 9.83. The molecule has 1 aliphatic rings. The summed E-state index contributed by atoms with van der Waals surface area (Å²) in [5, 5.41) is 14.1. The minimum atomic E-state index is -4.68. The molecule has 1 heterocycles. The molecule has 186 valence electrons. The Morgan fingerprint density at radius 1 is 0.889 bits per heavy atom. The number of para-hydroxylation sites is 1. The van der Waals surface area contributed by atoms with Gasteiger partial charge in [0.05, 0.1) is 18.1 Å². The number of nitro groups is 1. The van der Waals surface area contributed by atoms with E-state index < -0.39 is 48.3 Å². The highest BCUT2D eigenvalue weighted by atomic mass is 19.4. The Morgan fingerprint density at radius 3 is 1.94 bits per heavy atom. The monoisotopic (exact) mass is 498 g/mol. The normalized spacial score (nSPS) is 15.3. The predicted molar refractivity (Wildman–Crippen MR) is 123 cm³/mol. The number of hydrogen-bond acceptors (Lipinski definition) is 5. The highest BCUT2D eigenvalue weighted by Crippen LogP contribution is 2.36. The third-order valence-electron chi connectivity index (χ3n) is 5.85. The van der Waals surface area contributed by atoms with Gasteiger partial charge in [-0.25, -0.2) is 9.69 Å². The zero-order valence-electron chi connectivity index (χ0n) is 18.8. The van der Waals surface area contributed by atoms with Crippen molar-refractivity contribution in [1.29, 1.82) is 0 Å². The summed E-state index contributed by atoms with van der Waals surface area (Å²) in [5.74, 6) is -0.750. The molecule has 0 radical (unpaired) electrons. The van der Waals surface area contributed by atoms with Gasteiger partial charge in [-0.1, -0.05) is 78.9 Å². The summed E-state index contributed by atoms with van der Waals surface area (Å²) in [7, 11) is 0. The maximum Gasteiger partial charge on any atom is 0.401 e. The molecular formula is C25H21F3N4O4. The SMILES string of the molecule is O=C1NC(c2ccccc2)(c2ccccc2)C(=O)N1CN(Cc1ccccc1[N+](=O)[O-])CC(F)(F)F. The van der Waals surface area contributed by atoms with E-state index in [1.807, 2.05) is 0 Å². The molecule has 1 saturated heterocycles. The number of rotatable bonds is 8. The number of amides is 3. The first-order valence-electron chi connectivity index (χ1n) is 10.9. The van der Waals surface area contributed by atoms with Crippen LogP contribution in [-0.2, 0) is 16.9 Å². The Kier molecular flexibility index (Phi) is 6.75. The second-order valence-electron chi connectivity index (χ2n) is 8.27. The zero-order chi connectivity index (χ0) is 25.9. The number of nitrogens with zero attached hydrogens (tertiary/aromatic N) is 3. The van der Waals surface area contributed by atoms with Crippen LogP contribution in [0.1, 0.15) is 16.7 Å². The molecule has 8 nitrogen and oxygen atoms in total. The lowest BCUT2D eigenvalue weighted by Crippen LogP contribution is -2.47. The van der Waals surface area contributed by atoms with Gasteiger partial charge < -0.3 is 5.32 Å². The number of carbonyl (C=O) groups excluding carboxylic acids is 2. The highest BCUT2D eigenvalue weighted by molar-refractivity contribution is 6.09. The molecular weight excluding hydrogens is 477 g/mol. The third-order valence-corrected chi connectivity index (χ3v) is 5.85. The van der Waals surface area contributed by atoms with Gasteiger partial charge in [0.1, 0.15) is 0 Å². The summed E-state index contributed by atoms with van der Waals surface area (Å²) in [6.07, 6.45) is -4.68. The van der Waals surface area contributed by atoms with E-state index in [1.54, 1.807) is 60.7 Å². The Morgan fingerprint density at radius 2 is 1.42 bits per heavy atom. The standard InChI is InChI=1S/C25H21F3N4O4/c26-24(27,28)16-30(15-18-9-7-8-14-21(18)32(35)36)17-31-22(33)25(29-23(31)34,19-10-3-1-4-11-19)20-12-5-2-6-13-20/h1-14H,15-17H2,(H,29,34). The van der Waals surface area contributed by atoms with Crippen LogP contribution in [0.3, 0.4) is 0 Å². The molecule has 0 atom stereocenters. The molecule has 3 aromatic carbocycles. The number of hydrogen-bond donors (Lipinski definition) is 1. The van der Waals surface area contributed by atoms with E-state index in [4.69, 9.17) is 0 Å². The maximum absolute atomic E-state index is 13.8. The average Bonchev–Trinajstić information content (AvgIpc) is 3.10. The van der Waals surface area contributed by atoms with Crippen molar-refractivity contribution in [2.45, 2.75) is 18.3 Å². The molecule has 4 rings (SSSR count). The molecule has 0 aromatic heterocycles. The van der Waals surface area contributed by atoms with Crippen LogP contribution in [0.25, 0.3) is 0 Å². The first kappa shape index (κ1) is 24.9. The minimum absolute atomic E-state index is 0.0242. The minimum Gasteiger partial charge on any atom is -0.315 e. The molecule has 1 N–H and O–H groups in total. The summed E-state index contributed by atoms with van der Waals surface area (Å²) in [6.45, 7) is -2.71. The van der Waals surface area contributed by atoms with E-state index >= 15 is 0 Å². The fourth-order valence-corrected chi connectivity index (χ4v) is 4.31. The number of urea groups is 1. The second kappa shape index (κ2) is 9.78. The molecule has 3 amide bonds. The molecule has 1 aliphatic heterocycles. The van der Waals surface area contributed by atoms with Crippen molar-refractivity contribution in [2.75, 3.05) is 13.2 Å². The molecule has 1 fully saturated rings. The maximum atomic E-state index is 13.8. The quantitative estimate of drug-likeness (QED) is 0.282. The summed E-state index contributed by atoms with van der Waals surface area (Å²) < 4.78 is 40.3. The highest BCUT2D eigenvalue weighted by Gasteiger charge is 2.54. The summed E-state index contributed by atoms with van der Waals surface area (Å²) >= 11 is 0. The largest absolute Gasteiger partial charge is 0.401 e. The van der Waals surface area contributed by atoms with Crippen molar-refractivity contribution in [2.24, 2.45) is 0 Å². The van der Waals surface area contributed by atoms with Gasteiger partial charge in [0.25, 0.3) is 11.6 Å². The Labute approximate surface area is 204 Å². The van der Waals surface area contributed by atoms with E-state index in [9.17, 15) is 32.9 Å². The molecule has 0 aliphatic carbocycles. The van der Waals surface area contributed by atoms with Crippen molar-refractivity contribution in [3.63, 3.8) is 0 Å². The van der Waals surface area contributed by atoms with Crippen LogP contribution < -0.4 is 5.32 Å². The van der Waals surface area contributed by atoms with Crippen LogP contribution in [0.2, 0.25) is 0 Å². The fraction of sp³-hybridized carbons (Fsp3) is 0.200. The van der Waals surface area contributed by atoms with Gasteiger partial charge in [-0.3, -0.25) is 19.8 Å². The smallest absolute Gasteiger partial charge is 0.315 e. The van der Waals surface area contributed by atoms with Crippen molar-refractivity contribution >= 4 is 17.6 Å². The molecule has 0 spiro atoms. The van der Waals surface area contributed by atoms with E-state index in [-0.39, 0.29) is 11.3 Å². The molecule has 0 bridgehead atoms. The molecule has 0 unspecified atom stereocenters. The van der Waals surface area contributed by atoms with Crippen molar-refractivity contribution in [1.82, 2.24) is 15.1 Å². The predicted octanol–water partition coefficient (Wildman–Crippen LogP) is 4.41. The Bertz CT molecular complexity index is 1230. The topological polar surface area (TPSA) is 95.8 Å². The first-order valence-corrected chi connectivity index (χ1v) is 10.9. The van der Waals surface area contributed by atoms with Gasteiger partial charge in [-0.05, 0) is 11.1 Å². The van der Waals surface area contributed by atoms with E-state index in [0.717, 1.165) is 4.90 Å². The number of halogens is 3. The molecule has 3 aromatic rings. The summed E-state index contributed by atoms with van der Waals surface area (Å²) in [6, 6.07) is 21.3. The van der Waals surface area contributed by atoms with Crippen molar-refractivity contribution < 1.29 is 27.7 Å². The van der Waals surface area contributed by atoms with Crippen LogP contribution >= 0.6 is 0 Å². The van der Waals surface area contributed by atoms with Crippen LogP contribution in [-0.4, -0.2) is 46.1 Å². The van der Waals surface area contributed by atoms with Crippen LogP contribution in [0, 0.1) is 10.1 Å². The molecule has 36 heavy (non-hydrogen) atoms. The Hall–Kier alpha value is -4.25. The lowest BCUT2D eigenvalue weighted by Gasteiger charge is -2.30. The first-order chi connectivity index (χ1) is 17.1. The van der Waals surface area contributed by atoms with Crippen molar-refractivity contribution in [3.05, 3.63) is 112 Å². The van der Waals surface area contributed by atoms with Gasteiger partial charge in [-0.15, -0.1) is 0 Å². The van der Waals surface area contributed by atoms with E-state index in [2.05, 4.69) is 5.32 Å². The zero-order valence-corrected chi connectivity index (χ0v) is 18.8. The van der Waals surface area contributed by atoms with Gasteiger partial charge in [0.2, 0.25) is 0 Å². The van der Waals surface area contributed by atoms with Crippen LogP contribution in [0.4, 0.5) is 23.7 Å². The number of imide groups is 1. The van der Waals surface area contributed by atoms with Gasteiger partial charge in [-0.2, -0.15) is 13.2 Å².